The third-order valence-corrected chi connectivity index (χ3v) is 5.91. The number of benzene rings is 1. The molecule has 0 aliphatic carbocycles. The van der Waals surface area contributed by atoms with E-state index in [0.29, 0.717) is 19.4 Å². The molecule has 0 bridgehead atoms. The normalized spacial score (nSPS) is 10.7. The molecule has 0 aliphatic heterocycles. The van der Waals surface area contributed by atoms with Gasteiger partial charge in [-0.3, -0.25) is 23.9 Å². The second-order valence-electron chi connectivity index (χ2n) is 7.26. The molecule has 0 radical (unpaired) electrons. The number of nitrogens with zero attached hydrogens (tertiary/aromatic N) is 2. The first-order valence-corrected chi connectivity index (χ1v) is 11.6. The zero-order valence-electron chi connectivity index (χ0n) is 18.7. The Morgan fingerprint density at radius 2 is 1.91 bits per heavy atom. The van der Waals surface area contributed by atoms with E-state index >= 15 is 0 Å². The molecule has 174 valence electrons. The molecular weight excluding hydrogens is 432 g/mol. The summed E-state index contributed by atoms with van der Waals surface area (Å²) in [7, 11) is 0. The molecule has 1 amide bonds. The third-order valence-electron chi connectivity index (χ3n) is 4.76. The number of thioether (sulfide) groups is 1. The van der Waals surface area contributed by atoms with Gasteiger partial charge in [0.05, 0.1) is 5.75 Å². The Morgan fingerprint density at radius 3 is 2.56 bits per heavy atom. The molecule has 1 heterocycles. The number of H-pyrrole nitrogens is 1. The minimum Gasteiger partial charge on any atom is -0.455 e. The molecular formula is C22H30N4O5S. The molecule has 1 aromatic heterocycles. The van der Waals surface area contributed by atoms with Crippen molar-refractivity contribution in [2.75, 3.05) is 29.5 Å². The Morgan fingerprint density at radius 1 is 1.19 bits per heavy atom. The average Bonchev–Trinajstić information content (AvgIpc) is 2.76. The minimum atomic E-state index is -0.745. The van der Waals surface area contributed by atoms with Gasteiger partial charge < -0.3 is 15.4 Å². The van der Waals surface area contributed by atoms with Crippen molar-refractivity contribution in [2.24, 2.45) is 0 Å². The number of aromatic nitrogens is 2. The minimum absolute atomic E-state index is 0.0528. The third kappa shape index (κ3) is 6.49. The Hall–Kier alpha value is -3.01. The van der Waals surface area contributed by atoms with E-state index in [2.05, 4.69) is 4.98 Å². The number of esters is 1. The second-order valence-corrected chi connectivity index (χ2v) is 8.28. The van der Waals surface area contributed by atoms with Gasteiger partial charge in [-0.15, -0.1) is 11.8 Å². The molecule has 0 fully saturated rings. The smallest absolute Gasteiger partial charge is 0.330 e. The molecule has 0 atom stereocenters. The molecule has 10 heteroatoms. The highest BCUT2D eigenvalue weighted by molar-refractivity contribution is 8.00. The number of nitrogens with two attached hydrogens (primary N) is 1. The monoisotopic (exact) mass is 462 g/mol. The topological polar surface area (TPSA) is 127 Å². The predicted octanol–water partition coefficient (Wildman–Crippen LogP) is 2.31. The lowest BCUT2D eigenvalue weighted by molar-refractivity contribution is -0.145. The van der Waals surface area contributed by atoms with Crippen molar-refractivity contribution in [1.29, 1.82) is 0 Å². The summed E-state index contributed by atoms with van der Waals surface area (Å²) in [5.41, 5.74) is 5.68. The van der Waals surface area contributed by atoms with Crippen molar-refractivity contribution in [1.82, 2.24) is 9.55 Å². The van der Waals surface area contributed by atoms with Crippen molar-refractivity contribution in [3.05, 3.63) is 50.7 Å². The fourth-order valence-electron chi connectivity index (χ4n) is 3.08. The highest BCUT2D eigenvalue weighted by Gasteiger charge is 2.24. The van der Waals surface area contributed by atoms with Crippen molar-refractivity contribution in [2.45, 2.75) is 51.5 Å². The maximum atomic E-state index is 12.9. The van der Waals surface area contributed by atoms with Crippen LogP contribution in [-0.2, 0) is 20.9 Å². The molecule has 0 spiro atoms. The number of amides is 1. The number of rotatable bonds is 11. The lowest BCUT2D eigenvalue weighted by Gasteiger charge is -2.24. The van der Waals surface area contributed by atoms with Gasteiger partial charge in [0.15, 0.2) is 12.3 Å². The SMILES string of the molecule is CCCCN(C(=O)COC(=O)CSc1ccccc1C)c1c(N)n(CCC)c(=O)[nH]c1=O. The van der Waals surface area contributed by atoms with E-state index in [1.165, 1.54) is 21.2 Å². The van der Waals surface area contributed by atoms with Crippen molar-refractivity contribution < 1.29 is 14.3 Å². The lowest BCUT2D eigenvalue weighted by Crippen LogP contribution is -2.43. The number of hydrogen-bond donors (Lipinski definition) is 2. The lowest BCUT2D eigenvalue weighted by atomic mass is 10.2. The molecule has 0 unspecified atom stereocenters. The van der Waals surface area contributed by atoms with Crippen LogP contribution in [0.1, 0.15) is 38.7 Å². The molecule has 2 rings (SSSR count). The fraction of sp³-hybridized carbons (Fsp3) is 0.455. The van der Waals surface area contributed by atoms with Crippen LogP contribution in [0.5, 0.6) is 0 Å². The van der Waals surface area contributed by atoms with Crippen LogP contribution in [0, 0.1) is 6.92 Å². The quantitative estimate of drug-likeness (QED) is 0.387. The number of hydrogen-bond acceptors (Lipinski definition) is 7. The summed E-state index contributed by atoms with van der Waals surface area (Å²) in [4.78, 5) is 54.0. The number of anilines is 2. The van der Waals surface area contributed by atoms with Gasteiger partial charge in [0.1, 0.15) is 5.82 Å². The largest absolute Gasteiger partial charge is 0.455 e. The number of carbonyl (C=O) groups excluding carboxylic acids is 2. The molecule has 3 N–H and O–H groups in total. The van der Waals surface area contributed by atoms with Crippen LogP contribution < -0.4 is 21.9 Å². The van der Waals surface area contributed by atoms with Crippen LogP contribution in [0.3, 0.4) is 0 Å². The van der Waals surface area contributed by atoms with Gasteiger partial charge in [0.2, 0.25) is 0 Å². The van der Waals surface area contributed by atoms with Crippen LogP contribution in [0.4, 0.5) is 11.5 Å². The molecule has 9 nitrogen and oxygen atoms in total. The van der Waals surface area contributed by atoms with Gasteiger partial charge in [0, 0.05) is 18.0 Å². The fourth-order valence-corrected chi connectivity index (χ4v) is 3.91. The van der Waals surface area contributed by atoms with Crippen LogP contribution in [-0.4, -0.2) is 40.3 Å². The molecule has 0 saturated heterocycles. The van der Waals surface area contributed by atoms with Crippen LogP contribution in [0.15, 0.2) is 38.8 Å². The van der Waals surface area contributed by atoms with Crippen molar-refractivity contribution in [3.8, 4) is 0 Å². The molecule has 0 saturated carbocycles. The molecule has 1 aromatic carbocycles. The Labute approximate surface area is 190 Å². The van der Waals surface area contributed by atoms with Gasteiger partial charge in [-0.05, 0) is 31.4 Å². The van der Waals surface area contributed by atoms with Gasteiger partial charge in [-0.25, -0.2) is 4.79 Å². The molecule has 2 aromatic rings. The van der Waals surface area contributed by atoms with E-state index in [1.54, 1.807) is 0 Å². The van der Waals surface area contributed by atoms with E-state index in [0.717, 1.165) is 16.9 Å². The van der Waals surface area contributed by atoms with E-state index in [-0.39, 0.29) is 23.8 Å². The molecule has 32 heavy (non-hydrogen) atoms. The summed E-state index contributed by atoms with van der Waals surface area (Å²) >= 11 is 1.33. The van der Waals surface area contributed by atoms with Crippen molar-refractivity contribution in [3.63, 3.8) is 0 Å². The van der Waals surface area contributed by atoms with Crippen LogP contribution >= 0.6 is 11.8 Å². The second kappa shape index (κ2) is 12.1. The number of nitrogen functional groups attached to an aromatic ring is 1. The average molecular weight is 463 g/mol. The maximum absolute atomic E-state index is 12.9. The first kappa shape index (κ1) is 25.3. The summed E-state index contributed by atoms with van der Waals surface area (Å²) in [6.45, 7) is 5.74. The molecule has 0 aliphatic rings. The number of aromatic amines is 1. The number of nitrogens with one attached hydrogen (secondary N) is 1. The van der Waals surface area contributed by atoms with E-state index in [9.17, 15) is 19.2 Å². The Kier molecular flexibility index (Phi) is 9.58. The van der Waals surface area contributed by atoms with Gasteiger partial charge in [0.25, 0.3) is 11.5 Å². The summed E-state index contributed by atoms with van der Waals surface area (Å²) in [6.07, 6.45) is 1.99. The summed E-state index contributed by atoms with van der Waals surface area (Å²) in [5, 5.41) is 0. The first-order chi connectivity index (χ1) is 15.3. The van der Waals surface area contributed by atoms with Gasteiger partial charge in [-0.1, -0.05) is 38.5 Å². The summed E-state index contributed by atoms with van der Waals surface area (Å²) < 4.78 is 6.39. The van der Waals surface area contributed by atoms with E-state index in [1.807, 2.05) is 45.0 Å². The van der Waals surface area contributed by atoms with E-state index in [4.69, 9.17) is 10.5 Å². The number of aryl methyl sites for hydroxylation is 1. The maximum Gasteiger partial charge on any atom is 0.330 e. The van der Waals surface area contributed by atoms with Crippen molar-refractivity contribution >= 4 is 35.1 Å². The Balaban J connectivity index is 2.14. The zero-order valence-corrected chi connectivity index (χ0v) is 19.5. The first-order valence-electron chi connectivity index (χ1n) is 10.6. The van der Waals surface area contributed by atoms with E-state index < -0.39 is 29.7 Å². The number of carbonyl (C=O) groups is 2. The Bertz CT molecular complexity index is 1060. The van der Waals surface area contributed by atoms with Gasteiger partial charge >= 0.3 is 11.7 Å². The number of unbranched alkanes of at least 4 members (excludes halogenated alkanes) is 1. The highest BCUT2D eigenvalue weighted by Crippen LogP contribution is 2.22. The summed E-state index contributed by atoms with van der Waals surface area (Å²) in [6, 6.07) is 7.65. The van der Waals surface area contributed by atoms with Gasteiger partial charge in [-0.2, -0.15) is 0 Å². The zero-order chi connectivity index (χ0) is 23.7. The predicted molar refractivity (Wildman–Crippen MR) is 126 cm³/mol. The summed E-state index contributed by atoms with van der Waals surface area (Å²) in [5.74, 6) is -1.14. The van der Waals surface area contributed by atoms with Crippen LogP contribution in [0.25, 0.3) is 0 Å². The standard InChI is InChI=1S/C22H30N4O5S/c1-4-6-12-25(19-20(23)26(11-5-2)22(30)24-21(19)29)17(27)13-31-18(28)14-32-16-10-8-7-9-15(16)3/h7-10H,4-6,11-14,23H2,1-3H3,(H,24,29,30). The highest BCUT2D eigenvalue weighted by atomic mass is 32.2. The van der Waals surface area contributed by atoms with Crippen LogP contribution in [0.2, 0.25) is 0 Å². The number of ether oxygens (including phenoxy) is 1.